The van der Waals surface area contributed by atoms with Gasteiger partial charge in [-0.15, -0.1) is 0 Å². The average molecular weight is 325 g/mol. The van der Waals surface area contributed by atoms with E-state index < -0.39 is 21.6 Å². The van der Waals surface area contributed by atoms with Crippen molar-refractivity contribution >= 4 is 22.5 Å². The summed E-state index contributed by atoms with van der Waals surface area (Å²) in [5, 5.41) is 0. The Bertz CT molecular complexity index is 704. The zero-order chi connectivity index (χ0) is 16.5. The summed E-state index contributed by atoms with van der Waals surface area (Å²) in [5.41, 5.74) is 0.135. The molecule has 0 atom stereocenters. The highest BCUT2D eigenvalue weighted by Crippen LogP contribution is 2.39. The van der Waals surface area contributed by atoms with Crippen molar-refractivity contribution in [3.05, 3.63) is 29.1 Å². The summed E-state index contributed by atoms with van der Waals surface area (Å²) < 4.78 is 38.7. The van der Waals surface area contributed by atoms with E-state index in [4.69, 9.17) is 0 Å². The van der Waals surface area contributed by atoms with Crippen LogP contribution in [0.3, 0.4) is 0 Å². The largest absolute Gasteiger partial charge is 0.279 e. The van der Waals surface area contributed by atoms with Crippen molar-refractivity contribution in [3.8, 4) is 0 Å². The lowest BCUT2D eigenvalue weighted by atomic mass is 9.79. The summed E-state index contributed by atoms with van der Waals surface area (Å²) in [6.45, 7) is 5.23. The monoisotopic (exact) mass is 325 g/mol. The molecule has 0 radical (unpaired) electrons. The molecule has 2 rings (SSSR count). The molecule has 0 spiro atoms. The lowest BCUT2D eigenvalue weighted by molar-refractivity contribution is 0.0999. The van der Waals surface area contributed by atoms with Gasteiger partial charge in [-0.3, -0.25) is 4.79 Å². The molecule has 1 aliphatic carbocycles. The number of aliphatic imine (C=N–C) groups is 1. The molecule has 0 bridgehead atoms. The number of carbonyl (C=O) groups excluding carboxylic acids is 1. The van der Waals surface area contributed by atoms with E-state index in [1.165, 1.54) is 6.07 Å². The normalized spacial score (nSPS) is 22.3. The minimum atomic E-state index is -3.78. The molecule has 0 saturated heterocycles. The molecule has 6 heteroatoms. The minimum Gasteiger partial charge on any atom is -0.267 e. The van der Waals surface area contributed by atoms with Gasteiger partial charge in [0.1, 0.15) is 4.90 Å². The zero-order valence-corrected chi connectivity index (χ0v) is 13.6. The van der Waals surface area contributed by atoms with Crippen molar-refractivity contribution in [2.24, 2.45) is 10.9 Å². The van der Waals surface area contributed by atoms with E-state index in [1.807, 2.05) is 0 Å². The van der Waals surface area contributed by atoms with Crippen LogP contribution in [0.4, 0.5) is 4.39 Å². The fourth-order valence-corrected chi connectivity index (χ4v) is 4.19. The highest BCUT2D eigenvalue weighted by Gasteiger charge is 2.29. The van der Waals surface area contributed by atoms with Crippen LogP contribution in [0.5, 0.6) is 0 Å². The van der Waals surface area contributed by atoms with Gasteiger partial charge in [-0.1, -0.05) is 25.8 Å². The number of nitrogens with zero attached hydrogens (tertiary/aromatic N) is 1. The van der Waals surface area contributed by atoms with Gasteiger partial charge in [-0.25, -0.2) is 17.8 Å². The van der Waals surface area contributed by atoms with E-state index in [2.05, 4.69) is 18.6 Å². The predicted molar refractivity (Wildman–Crippen MR) is 83.8 cm³/mol. The Hall–Kier alpha value is -1.56. The molecule has 4 nitrogen and oxygen atoms in total. The lowest BCUT2D eigenvalue weighted by Crippen LogP contribution is -2.17. The number of hydrogen-bond acceptors (Lipinski definition) is 3. The molecular formula is C16H20FNO3S. The molecule has 1 aromatic carbocycles. The first-order chi connectivity index (χ1) is 10.3. The molecular weight excluding hydrogens is 305 g/mol. The van der Waals surface area contributed by atoms with E-state index in [0.29, 0.717) is 11.5 Å². The molecule has 0 unspecified atom stereocenters. The van der Waals surface area contributed by atoms with Crippen LogP contribution in [0.1, 0.15) is 54.4 Å². The van der Waals surface area contributed by atoms with Crippen molar-refractivity contribution in [3.63, 3.8) is 0 Å². The van der Waals surface area contributed by atoms with Crippen molar-refractivity contribution < 1.29 is 17.6 Å². The van der Waals surface area contributed by atoms with Crippen LogP contribution in [0.15, 0.2) is 22.0 Å². The lowest BCUT2D eigenvalue weighted by Gasteiger charge is -2.28. The number of amides is 1. The Kier molecular flexibility index (Phi) is 4.80. The summed E-state index contributed by atoms with van der Waals surface area (Å²) in [7, 11) is -3.78. The molecule has 0 aliphatic heterocycles. The van der Waals surface area contributed by atoms with Crippen LogP contribution in [0.25, 0.3) is 0 Å². The van der Waals surface area contributed by atoms with Gasteiger partial charge in [0.05, 0.1) is 5.56 Å². The van der Waals surface area contributed by atoms with Gasteiger partial charge in [0.25, 0.3) is 5.91 Å². The molecule has 1 amide bonds. The second-order valence-electron chi connectivity index (χ2n) is 6.04. The van der Waals surface area contributed by atoms with Crippen LogP contribution in [-0.4, -0.2) is 27.3 Å². The topological polar surface area (TPSA) is 63.6 Å². The van der Waals surface area contributed by atoms with E-state index >= 15 is 0 Å². The molecule has 22 heavy (non-hydrogen) atoms. The molecule has 1 aliphatic rings. The Balaban J connectivity index is 2.58. The van der Waals surface area contributed by atoms with Crippen LogP contribution in [0.2, 0.25) is 0 Å². The highest BCUT2D eigenvalue weighted by atomic mass is 32.2. The van der Waals surface area contributed by atoms with Gasteiger partial charge in [0.2, 0.25) is 0 Å². The van der Waals surface area contributed by atoms with Crippen molar-refractivity contribution in [2.75, 3.05) is 6.26 Å². The summed E-state index contributed by atoms with van der Waals surface area (Å²) in [5.74, 6) is -1.24. The van der Waals surface area contributed by atoms with E-state index in [0.717, 1.165) is 31.9 Å². The van der Waals surface area contributed by atoms with Crippen molar-refractivity contribution in [1.29, 1.82) is 0 Å². The van der Waals surface area contributed by atoms with E-state index in [9.17, 15) is 17.6 Å². The first kappa shape index (κ1) is 16.8. The second kappa shape index (κ2) is 6.28. The second-order valence-corrected chi connectivity index (χ2v) is 7.99. The maximum absolute atomic E-state index is 14.6. The smallest absolute Gasteiger partial charge is 0.267 e. The zero-order valence-electron chi connectivity index (χ0n) is 12.8. The summed E-state index contributed by atoms with van der Waals surface area (Å²) in [6.07, 6.45) is 4.61. The minimum absolute atomic E-state index is 0.0104. The van der Waals surface area contributed by atoms with Gasteiger partial charge >= 0.3 is 0 Å². The summed E-state index contributed by atoms with van der Waals surface area (Å²) in [4.78, 5) is 14.4. The maximum Gasteiger partial charge on any atom is 0.279 e. The molecule has 1 aromatic rings. The van der Waals surface area contributed by atoms with Crippen LogP contribution in [0, 0.1) is 11.7 Å². The van der Waals surface area contributed by atoms with Gasteiger partial charge in [0, 0.05) is 6.26 Å². The van der Waals surface area contributed by atoms with Crippen molar-refractivity contribution in [1.82, 2.24) is 0 Å². The van der Waals surface area contributed by atoms with Gasteiger partial charge < -0.3 is 0 Å². The molecule has 1 saturated carbocycles. The number of hydrogen-bond donors (Lipinski definition) is 0. The fourth-order valence-electron chi connectivity index (χ4n) is 3.09. The highest BCUT2D eigenvalue weighted by molar-refractivity contribution is 7.90. The molecule has 1 fully saturated rings. The first-order valence-electron chi connectivity index (χ1n) is 7.29. The standard InChI is InChI=1S/C16H20FNO3S/c1-10-4-6-11(7-5-10)12-8-9-13(16(19)18-2)14(17)15(12)22(3,20)21/h8-11H,2,4-7H2,1,3H3. The van der Waals surface area contributed by atoms with E-state index in [1.54, 1.807) is 6.07 Å². The number of carbonyl (C=O) groups is 1. The van der Waals surface area contributed by atoms with Crippen molar-refractivity contribution in [2.45, 2.75) is 43.4 Å². The average Bonchev–Trinajstić information content (AvgIpc) is 2.45. The van der Waals surface area contributed by atoms with E-state index in [-0.39, 0.29) is 16.4 Å². The third-order valence-electron chi connectivity index (χ3n) is 4.33. The maximum atomic E-state index is 14.6. The third-order valence-corrected chi connectivity index (χ3v) is 5.48. The number of benzene rings is 1. The fraction of sp³-hybridized carbons (Fsp3) is 0.500. The van der Waals surface area contributed by atoms with Gasteiger partial charge in [-0.05, 0) is 43.0 Å². The van der Waals surface area contributed by atoms with Gasteiger partial charge in [-0.2, -0.15) is 0 Å². The van der Waals surface area contributed by atoms with Crippen LogP contribution < -0.4 is 0 Å². The molecule has 0 heterocycles. The SMILES string of the molecule is C=NC(=O)c1ccc(C2CCC(C)CC2)c(S(C)(=O)=O)c1F. The van der Waals surface area contributed by atoms with Crippen LogP contribution >= 0.6 is 0 Å². The molecule has 0 N–H and O–H groups in total. The molecule has 120 valence electrons. The summed E-state index contributed by atoms with van der Waals surface area (Å²) in [6, 6.07) is 2.87. The third kappa shape index (κ3) is 3.27. The Morgan fingerprint density at radius 2 is 1.86 bits per heavy atom. The quantitative estimate of drug-likeness (QED) is 0.800. The predicted octanol–water partition coefficient (Wildman–Crippen LogP) is 3.36. The first-order valence-corrected chi connectivity index (χ1v) is 9.18. The van der Waals surface area contributed by atoms with Crippen LogP contribution in [-0.2, 0) is 9.84 Å². The molecule has 0 aromatic heterocycles. The number of sulfone groups is 1. The Morgan fingerprint density at radius 1 is 1.27 bits per heavy atom. The van der Waals surface area contributed by atoms with Gasteiger partial charge in [0.15, 0.2) is 15.7 Å². The summed E-state index contributed by atoms with van der Waals surface area (Å²) >= 11 is 0. The Labute approximate surface area is 130 Å². The number of halogens is 1. The number of rotatable bonds is 3. The Morgan fingerprint density at radius 3 is 2.36 bits per heavy atom.